The Bertz CT molecular complexity index is 148. The van der Waals surface area contributed by atoms with Crippen molar-refractivity contribution < 1.29 is 9.47 Å². The Morgan fingerprint density at radius 1 is 1.64 bits per heavy atom. The highest BCUT2D eigenvalue weighted by Crippen LogP contribution is 2.12. The van der Waals surface area contributed by atoms with Crippen molar-refractivity contribution in [1.82, 2.24) is 0 Å². The first-order valence-electron chi connectivity index (χ1n) is 3.26. The number of methoxy groups -OCH3 is 1. The van der Waals surface area contributed by atoms with Crippen LogP contribution in [0.4, 0.5) is 0 Å². The third-order valence-corrected chi connectivity index (χ3v) is 1.84. The molecule has 0 aromatic carbocycles. The zero-order valence-corrected chi connectivity index (χ0v) is 9.05. The molecule has 0 unspecified atom stereocenters. The van der Waals surface area contributed by atoms with E-state index < -0.39 is 0 Å². The van der Waals surface area contributed by atoms with Gasteiger partial charge in [0.05, 0.1) is 6.61 Å². The van der Waals surface area contributed by atoms with Crippen molar-refractivity contribution in [3.05, 3.63) is 21.8 Å². The van der Waals surface area contributed by atoms with Crippen LogP contribution < -0.4 is 0 Å². The van der Waals surface area contributed by atoms with Gasteiger partial charge in [0.15, 0.2) is 0 Å². The number of hydrogen-bond donors (Lipinski definition) is 0. The molecule has 0 bridgehead atoms. The molecule has 0 fully saturated rings. The molecule has 0 aromatic heterocycles. The smallest absolute Gasteiger partial charge is 0.146 e. The average Bonchev–Trinajstić information content (AvgIpc) is 1.97. The zero-order valence-electron chi connectivity index (χ0n) is 6.89. The maximum absolute atomic E-state index is 5.14. The summed E-state index contributed by atoms with van der Waals surface area (Å²) < 4.78 is 11.1. The Morgan fingerprint density at radius 3 is 2.64 bits per heavy atom. The molecular weight excluding hydrogens is 255 g/mol. The van der Waals surface area contributed by atoms with Gasteiger partial charge in [0.1, 0.15) is 6.79 Å². The topological polar surface area (TPSA) is 18.5 Å². The molecule has 0 radical (unpaired) electrons. The van der Waals surface area contributed by atoms with E-state index in [1.807, 2.05) is 6.92 Å². The summed E-state index contributed by atoms with van der Waals surface area (Å²) in [7, 11) is 1.61. The van der Waals surface area contributed by atoms with Gasteiger partial charge < -0.3 is 9.47 Å². The summed E-state index contributed by atoms with van der Waals surface area (Å²) in [5, 5.41) is 0. The van der Waals surface area contributed by atoms with E-state index in [1.165, 1.54) is 3.58 Å². The van der Waals surface area contributed by atoms with Crippen LogP contribution in [-0.4, -0.2) is 20.5 Å². The van der Waals surface area contributed by atoms with Crippen molar-refractivity contribution in [3.8, 4) is 0 Å². The number of allylic oxidation sites excluding steroid dienone is 1. The third-order valence-electron chi connectivity index (χ3n) is 1.15. The molecule has 0 saturated carbocycles. The Kier molecular flexibility index (Phi) is 6.90. The van der Waals surface area contributed by atoms with Gasteiger partial charge in [-0.05, 0) is 38.7 Å². The monoisotopic (exact) mass is 268 g/mol. The highest BCUT2D eigenvalue weighted by molar-refractivity contribution is 14.1. The molecule has 0 heterocycles. The number of ether oxygens (including phenoxy) is 2. The van der Waals surface area contributed by atoms with Crippen molar-refractivity contribution >= 4 is 22.6 Å². The molecule has 0 N–H and O–H groups in total. The van der Waals surface area contributed by atoms with Crippen LogP contribution in [0.3, 0.4) is 0 Å². The molecular formula is C8H13IO2. The summed E-state index contributed by atoms with van der Waals surface area (Å²) in [5.41, 5.74) is 1.11. The molecule has 0 aromatic rings. The summed E-state index contributed by atoms with van der Waals surface area (Å²) in [5.74, 6) is 0. The lowest BCUT2D eigenvalue weighted by molar-refractivity contribution is -0.0204. The van der Waals surface area contributed by atoms with E-state index in [2.05, 4.69) is 29.2 Å². The molecule has 0 rings (SSSR count). The lowest BCUT2D eigenvalue weighted by Gasteiger charge is -2.04. The van der Waals surface area contributed by atoms with Crippen molar-refractivity contribution in [2.24, 2.45) is 0 Å². The summed E-state index contributed by atoms with van der Waals surface area (Å²) in [6, 6.07) is 0. The molecule has 2 nitrogen and oxygen atoms in total. The SMILES string of the molecule is C=C/C(COCOC)=C(\C)I. The quantitative estimate of drug-likeness (QED) is 0.330. The Hall–Kier alpha value is 0.130. The molecule has 3 heteroatoms. The van der Waals surface area contributed by atoms with E-state index in [9.17, 15) is 0 Å². The van der Waals surface area contributed by atoms with E-state index in [4.69, 9.17) is 9.47 Å². The minimum absolute atomic E-state index is 0.335. The van der Waals surface area contributed by atoms with Crippen molar-refractivity contribution in [1.29, 1.82) is 0 Å². The molecule has 0 aliphatic heterocycles. The van der Waals surface area contributed by atoms with E-state index in [0.717, 1.165) is 5.57 Å². The van der Waals surface area contributed by atoms with Gasteiger partial charge in [0.2, 0.25) is 0 Å². The fourth-order valence-corrected chi connectivity index (χ4v) is 0.910. The highest BCUT2D eigenvalue weighted by atomic mass is 127. The first-order valence-corrected chi connectivity index (χ1v) is 4.34. The van der Waals surface area contributed by atoms with E-state index >= 15 is 0 Å². The molecule has 0 amide bonds. The van der Waals surface area contributed by atoms with Crippen LogP contribution in [0.1, 0.15) is 6.92 Å². The van der Waals surface area contributed by atoms with Crippen LogP contribution in [0, 0.1) is 0 Å². The van der Waals surface area contributed by atoms with E-state index in [-0.39, 0.29) is 0 Å². The second kappa shape index (κ2) is 6.82. The van der Waals surface area contributed by atoms with Gasteiger partial charge in [-0.3, -0.25) is 0 Å². The lowest BCUT2D eigenvalue weighted by atomic mass is 10.3. The summed E-state index contributed by atoms with van der Waals surface area (Å²) >= 11 is 2.24. The zero-order chi connectivity index (χ0) is 8.69. The molecule has 0 aliphatic rings. The summed E-state index contributed by atoms with van der Waals surface area (Å²) in [6.07, 6.45) is 1.80. The Morgan fingerprint density at radius 2 is 2.27 bits per heavy atom. The Labute approximate surface area is 81.4 Å². The van der Waals surface area contributed by atoms with E-state index in [1.54, 1.807) is 13.2 Å². The number of rotatable bonds is 5. The van der Waals surface area contributed by atoms with Gasteiger partial charge in [0.25, 0.3) is 0 Å². The van der Waals surface area contributed by atoms with Gasteiger partial charge in [-0.15, -0.1) is 0 Å². The molecule has 64 valence electrons. The summed E-state index contributed by atoms with van der Waals surface area (Å²) in [6.45, 7) is 6.61. The molecule has 0 atom stereocenters. The predicted octanol–water partition coefficient (Wildman–Crippen LogP) is 2.50. The van der Waals surface area contributed by atoms with Gasteiger partial charge >= 0.3 is 0 Å². The van der Waals surface area contributed by atoms with Crippen LogP contribution in [-0.2, 0) is 9.47 Å². The van der Waals surface area contributed by atoms with Gasteiger partial charge in [-0.2, -0.15) is 0 Å². The third kappa shape index (κ3) is 5.41. The van der Waals surface area contributed by atoms with Crippen LogP contribution in [0.2, 0.25) is 0 Å². The first-order chi connectivity index (χ1) is 5.22. The standard InChI is InChI=1S/C8H13IO2/c1-4-8(7(2)9)5-11-6-10-3/h4H,1,5-6H2,2-3H3/b8-7-. The van der Waals surface area contributed by atoms with Gasteiger partial charge in [-0.1, -0.05) is 12.7 Å². The highest BCUT2D eigenvalue weighted by Gasteiger charge is 1.94. The molecule has 0 aliphatic carbocycles. The van der Waals surface area contributed by atoms with Crippen LogP contribution in [0.5, 0.6) is 0 Å². The minimum atomic E-state index is 0.335. The molecule has 0 saturated heterocycles. The van der Waals surface area contributed by atoms with Crippen LogP contribution >= 0.6 is 22.6 Å². The second-order valence-corrected chi connectivity index (χ2v) is 3.64. The maximum Gasteiger partial charge on any atom is 0.146 e. The minimum Gasteiger partial charge on any atom is -0.359 e. The van der Waals surface area contributed by atoms with Crippen LogP contribution in [0.25, 0.3) is 0 Å². The lowest BCUT2D eigenvalue weighted by Crippen LogP contribution is -2.00. The predicted molar refractivity (Wildman–Crippen MR) is 54.7 cm³/mol. The van der Waals surface area contributed by atoms with Gasteiger partial charge in [0, 0.05) is 7.11 Å². The summed E-state index contributed by atoms with van der Waals surface area (Å²) in [4.78, 5) is 0. The number of halogens is 1. The maximum atomic E-state index is 5.14. The number of hydrogen-bond acceptors (Lipinski definition) is 2. The second-order valence-electron chi connectivity index (χ2n) is 2.02. The molecule has 11 heavy (non-hydrogen) atoms. The van der Waals surface area contributed by atoms with E-state index in [0.29, 0.717) is 13.4 Å². The van der Waals surface area contributed by atoms with Crippen molar-refractivity contribution in [3.63, 3.8) is 0 Å². The fraction of sp³-hybridized carbons (Fsp3) is 0.500. The largest absolute Gasteiger partial charge is 0.359 e. The Balaban J connectivity index is 3.72. The first kappa shape index (κ1) is 11.1. The molecule has 0 spiro atoms. The van der Waals surface area contributed by atoms with Crippen LogP contribution in [0.15, 0.2) is 21.8 Å². The fourth-order valence-electron chi connectivity index (χ4n) is 0.534. The normalized spacial score (nSPS) is 12.6. The average molecular weight is 268 g/mol. The van der Waals surface area contributed by atoms with Crippen molar-refractivity contribution in [2.75, 3.05) is 20.5 Å². The van der Waals surface area contributed by atoms with Crippen molar-refractivity contribution in [2.45, 2.75) is 6.92 Å². The van der Waals surface area contributed by atoms with Gasteiger partial charge in [-0.25, -0.2) is 0 Å².